The molecule has 3 N–H and O–H groups in total. The first kappa shape index (κ1) is 26.0. The van der Waals surface area contributed by atoms with Crippen molar-refractivity contribution in [3.63, 3.8) is 0 Å². The van der Waals surface area contributed by atoms with Crippen molar-refractivity contribution in [2.75, 3.05) is 37.8 Å². The molecule has 0 radical (unpaired) electrons. The highest BCUT2D eigenvalue weighted by molar-refractivity contribution is 7.89. The lowest BCUT2D eigenvalue weighted by Crippen LogP contribution is -2.50. The minimum absolute atomic E-state index is 0.0181. The van der Waals surface area contributed by atoms with E-state index in [0.717, 1.165) is 17.7 Å². The third kappa shape index (κ3) is 5.55. The highest BCUT2D eigenvalue weighted by Gasteiger charge is 2.39. The Kier molecular flexibility index (Phi) is 7.92. The van der Waals surface area contributed by atoms with Crippen molar-refractivity contribution in [3.8, 4) is 0 Å². The van der Waals surface area contributed by atoms with Gasteiger partial charge in [0, 0.05) is 36.3 Å². The molecule has 10 heteroatoms. The third-order valence-electron chi connectivity index (χ3n) is 6.39. The van der Waals surface area contributed by atoms with Gasteiger partial charge in [0.2, 0.25) is 10.0 Å². The number of rotatable bonds is 9. The number of hydrogen-bond acceptors (Lipinski definition) is 4. The van der Waals surface area contributed by atoms with Gasteiger partial charge in [0.05, 0.1) is 11.3 Å². The van der Waals surface area contributed by atoms with Gasteiger partial charge in [-0.25, -0.2) is 17.1 Å². The van der Waals surface area contributed by atoms with Gasteiger partial charge < -0.3 is 11.1 Å². The van der Waals surface area contributed by atoms with Gasteiger partial charge in [0.15, 0.2) is 6.67 Å². The van der Waals surface area contributed by atoms with Crippen LogP contribution >= 0.6 is 0 Å². The van der Waals surface area contributed by atoms with Crippen LogP contribution in [0.2, 0.25) is 0 Å². The number of hydrogen-bond donors (Lipinski definition) is 2. The van der Waals surface area contributed by atoms with Gasteiger partial charge in [-0.3, -0.25) is 4.79 Å². The molecule has 0 saturated carbocycles. The zero-order valence-electron chi connectivity index (χ0n) is 19.1. The lowest BCUT2D eigenvalue weighted by Gasteiger charge is -2.42. The van der Waals surface area contributed by atoms with Crippen molar-refractivity contribution in [2.45, 2.75) is 37.5 Å². The molecule has 0 aliphatic carbocycles. The van der Waals surface area contributed by atoms with Crippen molar-refractivity contribution >= 4 is 21.6 Å². The summed E-state index contributed by atoms with van der Waals surface area (Å²) < 4.78 is 66.4. The Morgan fingerprint density at radius 2 is 1.79 bits per heavy atom. The van der Waals surface area contributed by atoms with E-state index in [1.54, 1.807) is 0 Å². The van der Waals surface area contributed by atoms with Crippen LogP contribution in [0.3, 0.4) is 0 Å². The molecule has 1 heterocycles. The number of nitrogens with one attached hydrogen (secondary N) is 1. The molecule has 1 amide bonds. The first-order valence-electron chi connectivity index (χ1n) is 11.2. The molecular weight excluding hydrogens is 467 g/mol. The predicted octanol–water partition coefficient (Wildman–Crippen LogP) is 3.83. The number of halogens is 3. The first-order valence-corrected chi connectivity index (χ1v) is 12.8. The van der Waals surface area contributed by atoms with E-state index in [-0.39, 0.29) is 23.5 Å². The number of nitrogens with zero attached hydrogens (tertiary/aromatic N) is 1. The molecule has 1 fully saturated rings. The van der Waals surface area contributed by atoms with Gasteiger partial charge in [-0.2, -0.15) is 8.78 Å². The van der Waals surface area contributed by atoms with Gasteiger partial charge in [-0.15, -0.1) is 0 Å². The van der Waals surface area contributed by atoms with Crippen molar-refractivity contribution in [3.05, 3.63) is 65.2 Å². The van der Waals surface area contributed by atoms with E-state index in [0.29, 0.717) is 32.4 Å². The van der Waals surface area contributed by atoms with Gasteiger partial charge in [0.1, 0.15) is 0 Å². The summed E-state index contributed by atoms with van der Waals surface area (Å²) in [5, 5.41) is 2.85. The molecular formula is C24H30F3N3O3S. The van der Waals surface area contributed by atoms with Gasteiger partial charge in [-0.1, -0.05) is 43.3 Å². The smallest absolute Gasteiger partial charge is 0.301 e. The first-order chi connectivity index (χ1) is 16.0. The molecule has 1 saturated heterocycles. The predicted molar refractivity (Wildman–Crippen MR) is 126 cm³/mol. The Morgan fingerprint density at radius 1 is 1.15 bits per heavy atom. The summed E-state index contributed by atoms with van der Waals surface area (Å²) in [6.45, 7) is 0.856. The molecule has 1 aliphatic heterocycles. The van der Waals surface area contributed by atoms with Crippen LogP contribution in [0.4, 0.5) is 18.9 Å². The van der Waals surface area contributed by atoms with Crippen molar-refractivity contribution in [1.82, 2.24) is 9.62 Å². The fourth-order valence-electron chi connectivity index (χ4n) is 4.36. The number of sulfonamides is 1. The molecule has 34 heavy (non-hydrogen) atoms. The number of amides is 1. The topological polar surface area (TPSA) is 92.5 Å². The fraction of sp³-hybridized carbons (Fsp3) is 0.458. The van der Waals surface area contributed by atoms with E-state index in [2.05, 4.69) is 5.32 Å². The Bertz CT molecular complexity index is 1100. The normalized spacial score (nSPS) is 16.8. The highest BCUT2D eigenvalue weighted by Crippen LogP contribution is 2.36. The van der Waals surface area contributed by atoms with Crippen LogP contribution in [0.15, 0.2) is 48.5 Å². The lowest BCUT2D eigenvalue weighted by atomic mass is 9.73. The van der Waals surface area contributed by atoms with Crippen molar-refractivity contribution in [1.29, 1.82) is 0 Å². The number of piperidine rings is 1. The van der Waals surface area contributed by atoms with Crippen LogP contribution in [0.1, 0.15) is 47.7 Å². The molecule has 6 nitrogen and oxygen atoms in total. The van der Waals surface area contributed by atoms with Crippen molar-refractivity contribution in [2.24, 2.45) is 0 Å². The number of nitrogen functional groups attached to an aromatic ring is 1. The molecule has 0 unspecified atom stereocenters. The van der Waals surface area contributed by atoms with E-state index >= 15 is 0 Å². The van der Waals surface area contributed by atoms with Crippen LogP contribution in [0.25, 0.3) is 0 Å². The molecule has 1 aliphatic rings. The summed E-state index contributed by atoms with van der Waals surface area (Å²) in [5.74, 6) is -4.12. The van der Waals surface area contributed by atoms with E-state index in [4.69, 9.17) is 5.73 Å². The Balaban J connectivity index is 1.78. The lowest BCUT2D eigenvalue weighted by molar-refractivity contribution is -0.0280. The second-order valence-corrected chi connectivity index (χ2v) is 10.8. The molecule has 2 aromatic carbocycles. The maximum atomic E-state index is 13.6. The van der Waals surface area contributed by atoms with Crippen LogP contribution in [-0.4, -0.2) is 50.7 Å². The molecule has 0 spiro atoms. The number of nitrogens with two attached hydrogens (primary N) is 1. The number of anilines is 1. The van der Waals surface area contributed by atoms with Gasteiger partial charge in [-0.05, 0) is 37.0 Å². The van der Waals surface area contributed by atoms with Crippen LogP contribution in [0.5, 0.6) is 0 Å². The minimum atomic E-state index is -3.67. The van der Waals surface area contributed by atoms with Crippen LogP contribution < -0.4 is 11.1 Å². The molecule has 186 valence electrons. The number of alkyl halides is 3. The maximum absolute atomic E-state index is 13.6. The van der Waals surface area contributed by atoms with E-state index in [1.807, 2.05) is 37.3 Å². The summed E-state index contributed by atoms with van der Waals surface area (Å²) >= 11 is 0. The summed E-state index contributed by atoms with van der Waals surface area (Å²) in [6, 6.07) is 12.6. The van der Waals surface area contributed by atoms with E-state index < -0.39 is 39.5 Å². The van der Waals surface area contributed by atoms with Crippen LogP contribution in [0, 0.1) is 0 Å². The summed E-state index contributed by atoms with van der Waals surface area (Å²) in [6.07, 6.45) is 1.56. The summed E-state index contributed by atoms with van der Waals surface area (Å²) in [7, 11) is -3.32. The molecule has 2 aromatic rings. The summed E-state index contributed by atoms with van der Waals surface area (Å²) in [4.78, 5) is 12.9. The quantitative estimate of drug-likeness (QED) is 0.515. The van der Waals surface area contributed by atoms with E-state index in [1.165, 1.54) is 10.4 Å². The molecule has 3 rings (SSSR count). The maximum Gasteiger partial charge on any atom is 0.301 e. The fourth-order valence-corrected chi connectivity index (χ4v) is 5.87. The van der Waals surface area contributed by atoms with Crippen LogP contribution in [-0.2, 0) is 21.4 Å². The molecule has 0 atom stereocenters. The standard InChI is InChI=1S/C24H30F3N3O3S/c1-2-14-34(32,33)30-12-10-23(11-13-30,18-6-4-3-5-7-18)17-29-22(31)20-9-8-19(15-21(20)28)24(26,27)16-25/h3-9,15H,2,10-14,16-17,28H2,1H3,(H,29,31). The number of carbonyl (C=O) groups is 1. The SMILES string of the molecule is CCCS(=O)(=O)N1CCC(CNC(=O)c2ccc(C(F)(F)CF)cc2N)(c2ccccc2)CC1. The van der Waals surface area contributed by atoms with Crippen molar-refractivity contribution < 1.29 is 26.4 Å². The monoisotopic (exact) mass is 497 g/mol. The number of benzene rings is 2. The zero-order valence-corrected chi connectivity index (χ0v) is 19.9. The third-order valence-corrected chi connectivity index (χ3v) is 8.47. The second-order valence-electron chi connectivity index (χ2n) is 8.68. The minimum Gasteiger partial charge on any atom is -0.398 e. The molecule has 0 bridgehead atoms. The Morgan fingerprint density at radius 3 is 2.35 bits per heavy atom. The second kappa shape index (κ2) is 10.4. The Labute approximate surface area is 198 Å². The van der Waals surface area contributed by atoms with E-state index in [9.17, 15) is 26.4 Å². The highest BCUT2D eigenvalue weighted by atomic mass is 32.2. The van der Waals surface area contributed by atoms with Gasteiger partial charge >= 0.3 is 5.92 Å². The largest absolute Gasteiger partial charge is 0.398 e. The zero-order chi connectivity index (χ0) is 25.0. The number of carbonyl (C=O) groups excluding carboxylic acids is 1. The Hall–Kier alpha value is -2.59. The average molecular weight is 498 g/mol. The average Bonchev–Trinajstić information content (AvgIpc) is 2.83. The molecule has 0 aromatic heterocycles. The van der Waals surface area contributed by atoms with Gasteiger partial charge in [0.25, 0.3) is 5.91 Å². The summed E-state index contributed by atoms with van der Waals surface area (Å²) in [5.41, 5.74) is 5.57.